The minimum absolute atomic E-state index is 0.131. The minimum atomic E-state index is -3.69. The molecular weight excluding hydrogens is 442 g/mol. The lowest BCUT2D eigenvalue weighted by Crippen LogP contribution is -2.23. The summed E-state index contributed by atoms with van der Waals surface area (Å²) in [5, 5.41) is 3.87. The number of rotatable bonds is 8. The van der Waals surface area contributed by atoms with Crippen LogP contribution in [0.15, 0.2) is 94.3 Å². The Balaban J connectivity index is 1.64. The van der Waals surface area contributed by atoms with Gasteiger partial charge in [-0.3, -0.25) is 9.52 Å². The lowest BCUT2D eigenvalue weighted by atomic mass is 10.3. The molecule has 0 radical (unpaired) electrons. The minimum Gasteiger partial charge on any atom is -0.349 e. The van der Waals surface area contributed by atoms with Crippen molar-refractivity contribution in [3.63, 3.8) is 0 Å². The fourth-order valence-electron chi connectivity index (χ4n) is 2.38. The predicted molar refractivity (Wildman–Crippen MR) is 120 cm³/mol. The van der Waals surface area contributed by atoms with Crippen LogP contribution < -0.4 is 10.0 Å². The molecule has 6 nitrogen and oxygen atoms in total. The fourth-order valence-corrected chi connectivity index (χ4v) is 4.32. The number of sulfonamides is 1. The summed E-state index contributed by atoms with van der Waals surface area (Å²) in [7, 11) is -3.69. The van der Waals surface area contributed by atoms with Crippen LogP contribution >= 0.6 is 23.4 Å². The zero-order valence-electron chi connectivity index (χ0n) is 15.7. The van der Waals surface area contributed by atoms with Crippen molar-refractivity contribution in [3.05, 3.63) is 90.1 Å². The monoisotopic (exact) mass is 459 g/mol. The molecule has 0 fully saturated rings. The van der Waals surface area contributed by atoms with Crippen LogP contribution in [0.2, 0.25) is 5.02 Å². The Hall–Kier alpha value is -2.81. The van der Waals surface area contributed by atoms with Gasteiger partial charge in [0.25, 0.3) is 15.9 Å². The van der Waals surface area contributed by atoms with Crippen molar-refractivity contribution in [2.75, 3.05) is 11.3 Å². The molecule has 154 valence electrons. The number of carbonyl (C=O) groups is 1. The van der Waals surface area contributed by atoms with E-state index in [4.69, 9.17) is 11.6 Å². The average Bonchev–Trinajstić information content (AvgIpc) is 2.74. The van der Waals surface area contributed by atoms with Crippen LogP contribution in [0, 0.1) is 0 Å². The second kappa shape index (κ2) is 9.80. The maximum absolute atomic E-state index is 12.4. The summed E-state index contributed by atoms with van der Waals surface area (Å²) < 4.78 is 27.4. The predicted octanol–water partition coefficient (Wildman–Crippen LogP) is 4.60. The first-order valence-corrected chi connectivity index (χ1v) is 11.5. The summed E-state index contributed by atoms with van der Waals surface area (Å²) in [6, 6.07) is 16.3. The van der Waals surface area contributed by atoms with E-state index in [1.54, 1.807) is 42.5 Å². The average molecular weight is 460 g/mol. The van der Waals surface area contributed by atoms with Crippen molar-refractivity contribution in [3.8, 4) is 0 Å². The maximum atomic E-state index is 12.4. The molecule has 3 aromatic rings. The number of nitrogens with one attached hydrogen (secondary N) is 2. The third-order valence-corrected chi connectivity index (χ3v) is 6.47. The number of benzene rings is 2. The smallest absolute Gasteiger partial charge is 0.261 e. The molecule has 1 heterocycles. The Morgan fingerprint density at radius 3 is 2.37 bits per heavy atom. The lowest BCUT2D eigenvalue weighted by Gasteiger charge is -2.09. The van der Waals surface area contributed by atoms with Gasteiger partial charge in [0.2, 0.25) is 0 Å². The van der Waals surface area contributed by atoms with Gasteiger partial charge in [-0.15, -0.1) is 6.58 Å². The number of aromatic nitrogens is 1. The molecule has 0 atom stereocenters. The fraction of sp³-hybridized carbons (Fsp3) is 0.0476. The van der Waals surface area contributed by atoms with Crippen molar-refractivity contribution >= 4 is 45.0 Å². The molecule has 0 bridgehead atoms. The van der Waals surface area contributed by atoms with Crippen LogP contribution in [0.25, 0.3) is 0 Å². The number of carbonyl (C=O) groups excluding carboxylic acids is 1. The van der Waals surface area contributed by atoms with Crippen LogP contribution in [0.5, 0.6) is 0 Å². The Morgan fingerprint density at radius 1 is 1.07 bits per heavy atom. The van der Waals surface area contributed by atoms with E-state index in [9.17, 15) is 13.2 Å². The van der Waals surface area contributed by atoms with Gasteiger partial charge < -0.3 is 5.32 Å². The first-order chi connectivity index (χ1) is 14.4. The van der Waals surface area contributed by atoms with Crippen LogP contribution in [0.1, 0.15) is 10.4 Å². The van der Waals surface area contributed by atoms with Gasteiger partial charge in [-0.2, -0.15) is 0 Å². The molecule has 30 heavy (non-hydrogen) atoms. The van der Waals surface area contributed by atoms with Crippen molar-refractivity contribution in [1.29, 1.82) is 0 Å². The summed E-state index contributed by atoms with van der Waals surface area (Å²) in [6.45, 7) is 3.95. The number of hydrogen-bond acceptors (Lipinski definition) is 5. The zero-order chi connectivity index (χ0) is 21.6. The summed E-state index contributed by atoms with van der Waals surface area (Å²) in [4.78, 5) is 17.2. The van der Waals surface area contributed by atoms with Crippen molar-refractivity contribution < 1.29 is 13.2 Å². The quantitative estimate of drug-likeness (QED) is 0.480. The molecule has 0 saturated carbocycles. The van der Waals surface area contributed by atoms with E-state index in [1.165, 1.54) is 42.2 Å². The third kappa shape index (κ3) is 5.85. The van der Waals surface area contributed by atoms with E-state index >= 15 is 0 Å². The van der Waals surface area contributed by atoms with Gasteiger partial charge in [0.15, 0.2) is 0 Å². The molecule has 3 rings (SSSR count). The Labute approximate surface area is 184 Å². The van der Waals surface area contributed by atoms with E-state index < -0.39 is 10.0 Å². The van der Waals surface area contributed by atoms with Gasteiger partial charge in [-0.05, 0) is 60.7 Å². The first-order valence-electron chi connectivity index (χ1n) is 8.79. The van der Waals surface area contributed by atoms with Crippen LogP contribution in [-0.2, 0) is 10.0 Å². The number of amides is 1. The molecule has 0 unspecified atom stereocenters. The number of hydrogen-bond donors (Lipinski definition) is 2. The van der Waals surface area contributed by atoms with Gasteiger partial charge in [0, 0.05) is 28.3 Å². The summed E-state index contributed by atoms with van der Waals surface area (Å²) in [5.41, 5.74) is 0.907. The van der Waals surface area contributed by atoms with Gasteiger partial charge in [0.1, 0.15) is 5.03 Å². The molecule has 0 saturated heterocycles. The van der Waals surface area contributed by atoms with Crippen LogP contribution in [-0.4, -0.2) is 25.9 Å². The highest BCUT2D eigenvalue weighted by Crippen LogP contribution is 2.28. The van der Waals surface area contributed by atoms with Crippen LogP contribution in [0.3, 0.4) is 0 Å². The van der Waals surface area contributed by atoms with Gasteiger partial charge in [-0.1, -0.05) is 29.4 Å². The number of halogens is 1. The molecule has 0 aliphatic carbocycles. The third-order valence-electron chi connectivity index (χ3n) is 3.86. The summed E-state index contributed by atoms with van der Waals surface area (Å²) >= 11 is 7.20. The van der Waals surface area contributed by atoms with Crippen molar-refractivity contribution in [2.45, 2.75) is 14.8 Å². The lowest BCUT2D eigenvalue weighted by molar-refractivity contribution is 0.0957. The molecule has 0 spiro atoms. The number of pyridine rings is 1. The highest BCUT2D eigenvalue weighted by atomic mass is 35.5. The molecule has 0 aliphatic heterocycles. The number of anilines is 1. The molecule has 1 amide bonds. The molecule has 0 aliphatic rings. The second-order valence-corrected chi connectivity index (χ2v) is 9.28. The topological polar surface area (TPSA) is 88.2 Å². The van der Waals surface area contributed by atoms with Gasteiger partial charge >= 0.3 is 0 Å². The highest BCUT2D eigenvalue weighted by molar-refractivity contribution is 7.99. The van der Waals surface area contributed by atoms with E-state index in [0.29, 0.717) is 27.8 Å². The largest absolute Gasteiger partial charge is 0.349 e. The standard InChI is InChI=1S/C21H18ClN3O3S2/c1-2-13-23-21(26)15-3-12-20(24-14-15)29-18-8-6-17(7-9-18)25-30(27,28)19-10-4-16(22)5-11-19/h2-12,14,25H,1,13H2,(H,23,26). The molecule has 2 aromatic carbocycles. The molecule has 2 N–H and O–H groups in total. The second-order valence-electron chi connectivity index (χ2n) is 6.07. The van der Waals surface area contributed by atoms with E-state index in [0.717, 1.165) is 4.90 Å². The zero-order valence-corrected chi connectivity index (χ0v) is 18.1. The van der Waals surface area contributed by atoms with E-state index in [-0.39, 0.29) is 10.8 Å². The molecule has 1 aromatic heterocycles. The SMILES string of the molecule is C=CCNC(=O)c1ccc(Sc2ccc(NS(=O)(=O)c3ccc(Cl)cc3)cc2)nc1. The summed E-state index contributed by atoms with van der Waals surface area (Å²) in [6.07, 6.45) is 3.12. The van der Waals surface area contributed by atoms with Crippen molar-refractivity contribution in [2.24, 2.45) is 0 Å². The van der Waals surface area contributed by atoms with Crippen molar-refractivity contribution in [1.82, 2.24) is 10.3 Å². The van der Waals surface area contributed by atoms with E-state index in [1.807, 2.05) is 0 Å². The normalized spacial score (nSPS) is 11.0. The Kier molecular flexibility index (Phi) is 7.15. The molecular formula is C21H18ClN3O3S2. The van der Waals surface area contributed by atoms with E-state index in [2.05, 4.69) is 21.6 Å². The summed E-state index contributed by atoms with van der Waals surface area (Å²) in [5.74, 6) is -0.212. The Bertz CT molecular complexity index is 1130. The van der Waals surface area contributed by atoms with Gasteiger partial charge in [0.05, 0.1) is 10.5 Å². The number of nitrogens with zero attached hydrogens (tertiary/aromatic N) is 1. The molecule has 9 heteroatoms. The maximum Gasteiger partial charge on any atom is 0.261 e. The Morgan fingerprint density at radius 2 is 1.77 bits per heavy atom. The highest BCUT2D eigenvalue weighted by Gasteiger charge is 2.14. The van der Waals surface area contributed by atoms with Gasteiger partial charge in [-0.25, -0.2) is 13.4 Å². The first kappa shape index (κ1) is 21.9. The van der Waals surface area contributed by atoms with Crippen LogP contribution in [0.4, 0.5) is 5.69 Å².